The lowest BCUT2D eigenvalue weighted by Crippen LogP contribution is -2.42. The molecular weight excluding hydrogens is 392 g/mol. The maximum Gasteiger partial charge on any atom is 0.103 e. The number of aryl methyl sites for hydroxylation is 2. The molecule has 1 fully saturated rings. The van der Waals surface area contributed by atoms with E-state index in [-0.39, 0.29) is 11.0 Å². The van der Waals surface area contributed by atoms with Crippen molar-refractivity contribution in [3.63, 3.8) is 0 Å². The summed E-state index contributed by atoms with van der Waals surface area (Å²) in [5.74, 6) is 0. The highest BCUT2D eigenvalue weighted by atomic mass is 32.1. The molecular formula is C24H32N4OS. The van der Waals surface area contributed by atoms with Crippen molar-refractivity contribution < 1.29 is 4.74 Å². The quantitative estimate of drug-likeness (QED) is 0.510. The molecule has 3 aromatic rings. The van der Waals surface area contributed by atoms with Gasteiger partial charge >= 0.3 is 0 Å². The Hall–Kier alpha value is -1.89. The largest absolute Gasteiger partial charge is 0.381 e. The summed E-state index contributed by atoms with van der Waals surface area (Å²) in [6.45, 7) is 12.5. The Labute approximate surface area is 183 Å². The van der Waals surface area contributed by atoms with Crippen LogP contribution in [0.1, 0.15) is 49.7 Å². The molecule has 1 aliphatic rings. The zero-order valence-corrected chi connectivity index (χ0v) is 19.3. The van der Waals surface area contributed by atoms with E-state index in [2.05, 4.69) is 58.1 Å². The Morgan fingerprint density at radius 2 is 2.03 bits per heavy atom. The van der Waals surface area contributed by atoms with E-state index in [4.69, 9.17) is 4.74 Å². The molecule has 0 aliphatic carbocycles. The van der Waals surface area contributed by atoms with Gasteiger partial charge in [-0.1, -0.05) is 6.07 Å². The number of hydrogen-bond acceptors (Lipinski definition) is 6. The van der Waals surface area contributed by atoms with Gasteiger partial charge in [-0.15, -0.1) is 11.3 Å². The molecule has 0 bridgehead atoms. The average Bonchev–Trinajstić information content (AvgIpc) is 3.37. The van der Waals surface area contributed by atoms with Gasteiger partial charge in [0.05, 0.1) is 12.1 Å². The molecule has 5 nitrogen and oxygen atoms in total. The molecule has 0 radical (unpaired) electrons. The van der Waals surface area contributed by atoms with Gasteiger partial charge in [0.1, 0.15) is 5.52 Å². The van der Waals surface area contributed by atoms with E-state index in [1.54, 1.807) is 23.7 Å². The van der Waals surface area contributed by atoms with E-state index >= 15 is 0 Å². The van der Waals surface area contributed by atoms with Gasteiger partial charge in [0.2, 0.25) is 0 Å². The first-order valence-corrected chi connectivity index (χ1v) is 11.7. The van der Waals surface area contributed by atoms with E-state index in [0.29, 0.717) is 0 Å². The normalized spacial score (nSPS) is 20.3. The Morgan fingerprint density at radius 3 is 2.80 bits per heavy atom. The molecule has 0 N–H and O–H groups in total. The first-order valence-electron chi connectivity index (χ1n) is 10.9. The van der Waals surface area contributed by atoms with E-state index < -0.39 is 0 Å². The third kappa shape index (κ3) is 4.27. The molecule has 0 aromatic carbocycles. The van der Waals surface area contributed by atoms with Crippen LogP contribution in [-0.2, 0) is 16.7 Å². The van der Waals surface area contributed by atoms with Gasteiger partial charge in [-0.3, -0.25) is 19.9 Å². The fourth-order valence-corrected chi connectivity index (χ4v) is 5.44. The van der Waals surface area contributed by atoms with Crippen molar-refractivity contribution in [3.05, 3.63) is 52.2 Å². The molecule has 1 saturated heterocycles. The predicted molar refractivity (Wildman–Crippen MR) is 123 cm³/mol. The van der Waals surface area contributed by atoms with Crippen LogP contribution in [0.3, 0.4) is 0 Å². The topological polar surface area (TPSA) is 51.1 Å². The molecule has 1 aliphatic heterocycles. The van der Waals surface area contributed by atoms with Crippen LogP contribution >= 0.6 is 11.3 Å². The standard InChI is InChI=1S/C24H32N4OS/c1-5-29-17-24(9-8-21-22-20(15-30-21)25-11-12-26-22)10-13-28(16-24)23(3,4)19-7-6-18(2)27-14-19/h6-7,11-12,14-15H,5,8-10,13,16-17H2,1-4H3. The van der Waals surface area contributed by atoms with E-state index in [1.807, 2.05) is 13.1 Å². The summed E-state index contributed by atoms with van der Waals surface area (Å²) in [4.78, 5) is 17.5. The third-order valence-electron chi connectivity index (χ3n) is 6.64. The van der Waals surface area contributed by atoms with Gasteiger partial charge in [-0.2, -0.15) is 0 Å². The van der Waals surface area contributed by atoms with E-state index in [1.165, 1.54) is 10.4 Å². The Morgan fingerprint density at radius 1 is 1.20 bits per heavy atom. The number of hydrogen-bond donors (Lipinski definition) is 0. The van der Waals surface area contributed by atoms with Crippen molar-refractivity contribution in [3.8, 4) is 0 Å². The summed E-state index contributed by atoms with van der Waals surface area (Å²) in [5, 5.41) is 2.13. The molecule has 3 aromatic heterocycles. The maximum atomic E-state index is 6.00. The van der Waals surface area contributed by atoms with Crippen LogP contribution in [0.4, 0.5) is 0 Å². The first kappa shape index (κ1) is 21.3. The van der Waals surface area contributed by atoms with E-state index in [0.717, 1.165) is 62.3 Å². The summed E-state index contributed by atoms with van der Waals surface area (Å²) in [6.07, 6.45) is 8.90. The minimum absolute atomic E-state index is 0.0459. The monoisotopic (exact) mass is 424 g/mol. The third-order valence-corrected chi connectivity index (χ3v) is 7.67. The Kier molecular flexibility index (Phi) is 6.19. The highest BCUT2D eigenvalue weighted by Gasteiger charge is 2.43. The highest BCUT2D eigenvalue weighted by Crippen LogP contribution is 2.42. The van der Waals surface area contributed by atoms with Gasteiger partial charge in [0.25, 0.3) is 0 Å². The number of aromatic nitrogens is 3. The summed E-state index contributed by atoms with van der Waals surface area (Å²) < 4.78 is 6.00. The van der Waals surface area contributed by atoms with Crippen molar-refractivity contribution in [1.82, 2.24) is 19.9 Å². The number of ether oxygens (including phenoxy) is 1. The van der Waals surface area contributed by atoms with Gasteiger partial charge in [0.15, 0.2) is 0 Å². The zero-order chi connectivity index (χ0) is 21.2. The molecule has 0 amide bonds. The lowest BCUT2D eigenvalue weighted by molar-refractivity contribution is 0.0386. The fourth-order valence-electron chi connectivity index (χ4n) is 4.53. The Bertz CT molecular complexity index is 984. The van der Waals surface area contributed by atoms with Crippen molar-refractivity contribution >= 4 is 22.4 Å². The average molecular weight is 425 g/mol. The van der Waals surface area contributed by atoms with Crippen LogP contribution in [-0.4, -0.2) is 46.2 Å². The molecule has 6 heteroatoms. The zero-order valence-electron chi connectivity index (χ0n) is 18.5. The Balaban J connectivity index is 1.51. The van der Waals surface area contributed by atoms with Gasteiger partial charge in [0, 0.05) is 58.6 Å². The van der Waals surface area contributed by atoms with Crippen LogP contribution < -0.4 is 0 Å². The number of rotatable bonds is 8. The van der Waals surface area contributed by atoms with Crippen molar-refractivity contribution in [2.24, 2.45) is 5.41 Å². The minimum Gasteiger partial charge on any atom is -0.381 e. The van der Waals surface area contributed by atoms with Crippen LogP contribution in [0.5, 0.6) is 0 Å². The maximum absolute atomic E-state index is 6.00. The SMILES string of the molecule is CCOCC1(CCc2scc3nccnc23)CCN(C(C)(C)c2ccc(C)nc2)C1. The van der Waals surface area contributed by atoms with Gasteiger partial charge < -0.3 is 4.74 Å². The number of pyridine rings is 1. The lowest BCUT2D eigenvalue weighted by atomic mass is 9.82. The second-order valence-electron chi connectivity index (χ2n) is 9.01. The first-order chi connectivity index (χ1) is 14.4. The molecule has 160 valence electrons. The number of thiophene rings is 1. The summed E-state index contributed by atoms with van der Waals surface area (Å²) in [6, 6.07) is 4.34. The number of fused-ring (bicyclic) bond motifs is 1. The summed E-state index contributed by atoms with van der Waals surface area (Å²) in [5.41, 5.74) is 4.54. The molecule has 0 saturated carbocycles. The van der Waals surface area contributed by atoms with Crippen molar-refractivity contribution in [2.75, 3.05) is 26.3 Å². The predicted octanol–water partition coefficient (Wildman–Crippen LogP) is 4.99. The second-order valence-corrected chi connectivity index (χ2v) is 9.97. The molecule has 4 rings (SSSR count). The number of likely N-dealkylation sites (tertiary alicyclic amines) is 1. The highest BCUT2D eigenvalue weighted by molar-refractivity contribution is 7.11. The molecule has 30 heavy (non-hydrogen) atoms. The smallest absolute Gasteiger partial charge is 0.103 e. The van der Waals surface area contributed by atoms with Crippen LogP contribution in [0.25, 0.3) is 11.0 Å². The van der Waals surface area contributed by atoms with Crippen LogP contribution in [0, 0.1) is 12.3 Å². The molecule has 1 atom stereocenters. The molecule has 0 spiro atoms. The van der Waals surface area contributed by atoms with Crippen LogP contribution in [0.2, 0.25) is 0 Å². The molecule has 1 unspecified atom stereocenters. The second kappa shape index (κ2) is 8.69. The van der Waals surface area contributed by atoms with Crippen molar-refractivity contribution in [2.45, 2.75) is 52.5 Å². The fraction of sp³-hybridized carbons (Fsp3) is 0.542. The molecule has 4 heterocycles. The van der Waals surface area contributed by atoms with E-state index in [9.17, 15) is 0 Å². The minimum atomic E-state index is -0.0459. The van der Waals surface area contributed by atoms with Crippen molar-refractivity contribution in [1.29, 1.82) is 0 Å². The summed E-state index contributed by atoms with van der Waals surface area (Å²) >= 11 is 1.79. The van der Waals surface area contributed by atoms with Crippen LogP contribution in [0.15, 0.2) is 36.1 Å². The lowest BCUT2D eigenvalue weighted by Gasteiger charge is -2.38. The van der Waals surface area contributed by atoms with Gasteiger partial charge in [-0.05, 0) is 65.1 Å². The van der Waals surface area contributed by atoms with Gasteiger partial charge in [-0.25, -0.2) is 0 Å². The number of nitrogens with zero attached hydrogens (tertiary/aromatic N) is 4. The summed E-state index contributed by atoms with van der Waals surface area (Å²) in [7, 11) is 0.